The summed E-state index contributed by atoms with van der Waals surface area (Å²) in [6, 6.07) is 0. The topological polar surface area (TPSA) is 47.9 Å². The first kappa shape index (κ1) is 17.9. The van der Waals surface area contributed by atoms with Gasteiger partial charge in [0, 0.05) is 20.1 Å². The summed E-state index contributed by atoms with van der Waals surface area (Å²) in [6.45, 7) is 6.99. The van der Waals surface area contributed by atoms with Gasteiger partial charge in [0.15, 0.2) is 6.29 Å². The maximum atomic E-state index is 10.0. The Morgan fingerprint density at radius 2 is 1.70 bits per heavy atom. The Bertz CT molecular complexity index is 257. The van der Waals surface area contributed by atoms with E-state index in [1.807, 2.05) is 6.92 Å². The fourth-order valence-electron chi connectivity index (χ4n) is 3.11. The molecule has 1 rings (SSSR count). The van der Waals surface area contributed by atoms with Gasteiger partial charge in [-0.2, -0.15) is 0 Å². The highest BCUT2D eigenvalue weighted by atomic mass is 16.6. The first-order chi connectivity index (χ1) is 9.47. The van der Waals surface area contributed by atoms with Gasteiger partial charge < -0.3 is 19.3 Å². The van der Waals surface area contributed by atoms with E-state index >= 15 is 0 Å². The molecule has 4 nitrogen and oxygen atoms in total. The first-order valence-electron chi connectivity index (χ1n) is 7.83. The van der Waals surface area contributed by atoms with Crippen molar-refractivity contribution < 1.29 is 19.3 Å². The molecule has 4 heteroatoms. The zero-order chi connectivity index (χ0) is 15.1. The lowest BCUT2D eigenvalue weighted by atomic mass is 9.85. The molecule has 1 fully saturated rings. The summed E-state index contributed by atoms with van der Waals surface area (Å²) in [5, 5.41) is 10.0. The average molecular weight is 288 g/mol. The monoisotopic (exact) mass is 288 g/mol. The van der Waals surface area contributed by atoms with Crippen molar-refractivity contribution in [1.29, 1.82) is 0 Å². The van der Waals surface area contributed by atoms with Crippen molar-refractivity contribution in [2.24, 2.45) is 17.8 Å². The fourth-order valence-corrected chi connectivity index (χ4v) is 3.11. The molecule has 0 amide bonds. The van der Waals surface area contributed by atoms with Crippen molar-refractivity contribution in [1.82, 2.24) is 0 Å². The van der Waals surface area contributed by atoms with Crippen molar-refractivity contribution in [2.75, 3.05) is 20.8 Å². The predicted octanol–water partition coefficient (Wildman–Crippen LogP) is 2.83. The molecule has 0 saturated heterocycles. The third-order valence-electron chi connectivity index (χ3n) is 4.28. The molecule has 120 valence electrons. The van der Waals surface area contributed by atoms with Gasteiger partial charge in [0.1, 0.15) is 0 Å². The molecule has 0 bridgehead atoms. The number of hydrogen-bond acceptors (Lipinski definition) is 4. The molecule has 20 heavy (non-hydrogen) atoms. The highest BCUT2D eigenvalue weighted by Gasteiger charge is 2.31. The van der Waals surface area contributed by atoms with E-state index in [-0.39, 0.29) is 18.1 Å². The van der Waals surface area contributed by atoms with E-state index < -0.39 is 6.29 Å². The molecule has 1 aliphatic rings. The van der Waals surface area contributed by atoms with Crippen LogP contribution in [-0.4, -0.2) is 44.4 Å². The molecule has 1 saturated carbocycles. The van der Waals surface area contributed by atoms with Gasteiger partial charge in [0.2, 0.25) is 0 Å². The Hall–Kier alpha value is -0.160. The van der Waals surface area contributed by atoms with Crippen LogP contribution < -0.4 is 0 Å². The van der Waals surface area contributed by atoms with Crippen molar-refractivity contribution >= 4 is 0 Å². The fraction of sp³-hybridized carbons (Fsp3) is 1.00. The van der Waals surface area contributed by atoms with E-state index in [1.54, 1.807) is 14.2 Å². The number of hydrogen-bond donors (Lipinski definition) is 1. The number of aliphatic hydroxyl groups excluding tert-OH is 1. The number of aliphatic hydroxyl groups is 1. The van der Waals surface area contributed by atoms with Gasteiger partial charge in [-0.15, -0.1) is 0 Å². The average Bonchev–Trinajstić information content (AvgIpc) is 2.43. The Balaban J connectivity index is 2.31. The van der Waals surface area contributed by atoms with Crippen molar-refractivity contribution in [3.8, 4) is 0 Å². The van der Waals surface area contributed by atoms with Crippen LogP contribution in [0.2, 0.25) is 0 Å². The summed E-state index contributed by atoms with van der Waals surface area (Å²) < 4.78 is 16.6. The summed E-state index contributed by atoms with van der Waals surface area (Å²) >= 11 is 0. The van der Waals surface area contributed by atoms with Crippen LogP contribution in [0.1, 0.15) is 46.5 Å². The van der Waals surface area contributed by atoms with Crippen molar-refractivity contribution in [3.63, 3.8) is 0 Å². The molecule has 0 spiro atoms. The molecule has 1 aliphatic carbocycles. The molecule has 0 aromatic carbocycles. The van der Waals surface area contributed by atoms with Gasteiger partial charge in [-0.1, -0.05) is 20.8 Å². The highest BCUT2D eigenvalue weighted by molar-refractivity contribution is 4.81. The molecule has 0 aromatic rings. The minimum Gasteiger partial charge on any atom is -0.379 e. The lowest BCUT2D eigenvalue weighted by molar-refractivity contribution is -0.153. The molecule has 0 aliphatic heterocycles. The van der Waals surface area contributed by atoms with Gasteiger partial charge in [0.05, 0.1) is 18.8 Å². The predicted molar refractivity (Wildman–Crippen MR) is 79.5 cm³/mol. The maximum absolute atomic E-state index is 10.0. The summed E-state index contributed by atoms with van der Waals surface area (Å²) in [5.41, 5.74) is 0. The van der Waals surface area contributed by atoms with E-state index in [0.29, 0.717) is 18.4 Å². The Labute approximate surface area is 123 Å². The summed E-state index contributed by atoms with van der Waals surface area (Å²) in [4.78, 5) is 0. The normalized spacial score (nSPS) is 30.4. The van der Waals surface area contributed by atoms with Gasteiger partial charge in [0.25, 0.3) is 0 Å². The number of rotatable bonds is 8. The Morgan fingerprint density at radius 3 is 2.25 bits per heavy atom. The van der Waals surface area contributed by atoms with Gasteiger partial charge >= 0.3 is 0 Å². The van der Waals surface area contributed by atoms with E-state index in [0.717, 1.165) is 25.7 Å². The second-order valence-corrected chi connectivity index (χ2v) is 6.56. The third kappa shape index (κ3) is 5.68. The van der Waals surface area contributed by atoms with Crippen LogP contribution in [0.15, 0.2) is 0 Å². The summed E-state index contributed by atoms with van der Waals surface area (Å²) in [6.07, 6.45) is 3.69. The van der Waals surface area contributed by atoms with E-state index in [2.05, 4.69) is 13.8 Å². The Morgan fingerprint density at radius 1 is 1.05 bits per heavy atom. The van der Waals surface area contributed by atoms with Crippen molar-refractivity contribution in [2.45, 2.75) is 65.0 Å². The van der Waals surface area contributed by atoms with Crippen molar-refractivity contribution in [3.05, 3.63) is 0 Å². The van der Waals surface area contributed by atoms with Crippen LogP contribution in [0.3, 0.4) is 0 Å². The summed E-state index contributed by atoms with van der Waals surface area (Å²) in [5.74, 6) is 1.22. The lowest BCUT2D eigenvalue weighted by Gasteiger charge is -2.34. The second kappa shape index (κ2) is 8.98. The molecule has 0 radical (unpaired) electrons. The molecule has 0 heterocycles. The SMILES string of the molecule is COC1CCC(COC(O)C(C)CC(C)C)CC1OC. The van der Waals surface area contributed by atoms with E-state index in [1.165, 1.54) is 0 Å². The highest BCUT2D eigenvalue weighted by Crippen LogP contribution is 2.29. The van der Waals surface area contributed by atoms with Crippen LogP contribution in [-0.2, 0) is 14.2 Å². The minimum atomic E-state index is -0.654. The molecular weight excluding hydrogens is 256 g/mol. The van der Waals surface area contributed by atoms with Gasteiger partial charge in [-0.25, -0.2) is 0 Å². The van der Waals surface area contributed by atoms with Crippen LogP contribution >= 0.6 is 0 Å². The van der Waals surface area contributed by atoms with Crippen LogP contribution in [0, 0.1) is 17.8 Å². The summed E-state index contributed by atoms with van der Waals surface area (Å²) in [7, 11) is 3.48. The minimum absolute atomic E-state index is 0.146. The largest absolute Gasteiger partial charge is 0.379 e. The molecule has 5 unspecified atom stereocenters. The Kier molecular flexibility index (Phi) is 8.03. The standard InChI is InChI=1S/C16H32O4/c1-11(2)8-12(3)16(17)20-10-13-6-7-14(18-4)15(9-13)19-5/h11-17H,6-10H2,1-5H3. The molecule has 1 N–H and O–H groups in total. The third-order valence-corrected chi connectivity index (χ3v) is 4.28. The van der Waals surface area contributed by atoms with E-state index in [9.17, 15) is 5.11 Å². The van der Waals surface area contributed by atoms with Crippen LogP contribution in [0.4, 0.5) is 0 Å². The quantitative estimate of drug-likeness (QED) is 0.698. The molecular formula is C16H32O4. The van der Waals surface area contributed by atoms with Crippen LogP contribution in [0.5, 0.6) is 0 Å². The molecule has 5 atom stereocenters. The van der Waals surface area contributed by atoms with Gasteiger partial charge in [-0.3, -0.25) is 0 Å². The molecule has 0 aromatic heterocycles. The maximum Gasteiger partial charge on any atom is 0.157 e. The number of ether oxygens (including phenoxy) is 3. The smallest absolute Gasteiger partial charge is 0.157 e. The first-order valence-corrected chi connectivity index (χ1v) is 7.83. The zero-order valence-corrected chi connectivity index (χ0v) is 13.7. The second-order valence-electron chi connectivity index (χ2n) is 6.56. The lowest BCUT2D eigenvalue weighted by Crippen LogP contribution is -2.38. The van der Waals surface area contributed by atoms with Gasteiger partial charge in [-0.05, 0) is 37.5 Å². The van der Waals surface area contributed by atoms with E-state index in [4.69, 9.17) is 14.2 Å². The van der Waals surface area contributed by atoms with Crippen LogP contribution in [0.25, 0.3) is 0 Å². The number of methoxy groups -OCH3 is 2. The zero-order valence-electron chi connectivity index (χ0n) is 13.7.